The third-order valence-corrected chi connectivity index (χ3v) is 4.46. The van der Waals surface area contributed by atoms with E-state index in [0.29, 0.717) is 12.1 Å². The Morgan fingerprint density at radius 1 is 1.23 bits per heavy atom. The summed E-state index contributed by atoms with van der Waals surface area (Å²) >= 11 is 0. The minimum absolute atomic E-state index is 0.338. The average molecular weight is 295 g/mol. The molecule has 0 aromatic carbocycles. The van der Waals surface area contributed by atoms with E-state index < -0.39 is 0 Å². The van der Waals surface area contributed by atoms with Crippen molar-refractivity contribution in [3.05, 3.63) is 41.9 Å². The summed E-state index contributed by atoms with van der Waals surface area (Å²) in [5.74, 6) is 1.82. The molecule has 0 amide bonds. The molecular weight excluding hydrogens is 274 g/mol. The average Bonchev–Trinajstić information content (AvgIpc) is 3.23. The second-order valence-electron chi connectivity index (χ2n) is 6.26. The van der Waals surface area contributed by atoms with Crippen LogP contribution in [0.1, 0.15) is 42.9 Å². The molecule has 1 saturated heterocycles. The molecule has 1 N–H and O–H groups in total. The second-order valence-corrected chi connectivity index (χ2v) is 6.26. The van der Waals surface area contributed by atoms with E-state index in [2.05, 4.69) is 33.2 Å². The summed E-state index contributed by atoms with van der Waals surface area (Å²) in [7, 11) is 0. The lowest BCUT2D eigenvalue weighted by Crippen LogP contribution is -2.25. The zero-order valence-electron chi connectivity index (χ0n) is 12.9. The van der Waals surface area contributed by atoms with Gasteiger partial charge in [0.25, 0.3) is 0 Å². The maximum Gasteiger partial charge on any atom is 0.227 e. The zero-order chi connectivity index (χ0) is 14.9. The van der Waals surface area contributed by atoms with Gasteiger partial charge in [0.1, 0.15) is 5.82 Å². The fourth-order valence-electron chi connectivity index (χ4n) is 3.06. The summed E-state index contributed by atoms with van der Waals surface area (Å²) in [5.41, 5.74) is 2.37. The number of nitrogens with one attached hydrogen (secondary N) is 1. The van der Waals surface area contributed by atoms with Crippen molar-refractivity contribution in [2.75, 3.05) is 16.8 Å². The number of aryl methyl sites for hydroxylation is 1. The first-order valence-corrected chi connectivity index (χ1v) is 8.08. The Bertz CT molecular complexity index is 653. The molecule has 1 aliphatic carbocycles. The van der Waals surface area contributed by atoms with Crippen LogP contribution in [0.3, 0.4) is 0 Å². The molecule has 2 aliphatic rings. The lowest BCUT2D eigenvalue weighted by atomic mass is 10.1. The van der Waals surface area contributed by atoms with Gasteiger partial charge < -0.3 is 10.2 Å². The highest BCUT2D eigenvalue weighted by Crippen LogP contribution is 2.35. The molecule has 1 aliphatic heterocycles. The molecule has 2 aromatic rings. The standard InChI is InChI=1S/C17H21N5/c1-12-10-19-17(21-16(12)20-14-6-7-14)22-9-3-5-15(22)13-4-2-8-18-11-13/h2,4,8,10-11,14-15H,3,5-7,9H2,1H3,(H,19,20,21). The maximum absolute atomic E-state index is 4.79. The van der Waals surface area contributed by atoms with Crippen LogP contribution in [-0.2, 0) is 0 Å². The lowest BCUT2D eigenvalue weighted by molar-refractivity contribution is 0.698. The van der Waals surface area contributed by atoms with Crippen LogP contribution in [-0.4, -0.2) is 27.5 Å². The number of hydrogen-bond donors (Lipinski definition) is 1. The first kappa shape index (κ1) is 13.5. The number of aromatic nitrogens is 3. The van der Waals surface area contributed by atoms with Crippen molar-refractivity contribution in [3.8, 4) is 0 Å². The summed E-state index contributed by atoms with van der Waals surface area (Å²) in [6.45, 7) is 3.07. The van der Waals surface area contributed by atoms with Crippen molar-refractivity contribution in [1.82, 2.24) is 15.0 Å². The van der Waals surface area contributed by atoms with E-state index in [1.165, 1.54) is 24.8 Å². The SMILES string of the molecule is Cc1cnc(N2CCCC2c2cccnc2)nc1NC1CC1. The summed E-state index contributed by atoms with van der Waals surface area (Å²) in [6, 6.07) is 5.09. The van der Waals surface area contributed by atoms with Gasteiger partial charge in [-0.2, -0.15) is 4.98 Å². The molecule has 114 valence electrons. The highest BCUT2D eigenvalue weighted by atomic mass is 15.3. The van der Waals surface area contributed by atoms with Crippen LogP contribution >= 0.6 is 0 Å². The zero-order valence-corrected chi connectivity index (χ0v) is 12.9. The third-order valence-electron chi connectivity index (χ3n) is 4.46. The van der Waals surface area contributed by atoms with Crippen molar-refractivity contribution in [2.45, 2.75) is 44.7 Å². The van der Waals surface area contributed by atoms with Crippen LogP contribution in [0.25, 0.3) is 0 Å². The summed E-state index contributed by atoms with van der Waals surface area (Å²) in [6.07, 6.45) is 10.5. The van der Waals surface area contributed by atoms with E-state index in [0.717, 1.165) is 30.3 Å². The molecule has 2 fully saturated rings. The van der Waals surface area contributed by atoms with Gasteiger partial charge in [0.15, 0.2) is 0 Å². The molecule has 1 atom stereocenters. The molecule has 0 spiro atoms. The van der Waals surface area contributed by atoms with Crippen LogP contribution in [0.15, 0.2) is 30.7 Å². The molecule has 1 unspecified atom stereocenters. The van der Waals surface area contributed by atoms with Crippen LogP contribution in [0.2, 0.25) is 0 Å². The van der Waals surface area contributed by atoms with Gasteiger partial charge in [-0.15, -0.1) is 0 Å². The predicted octanol–water partition coefficient (Wildman–Crippen LogP) is 3.10. The van der Waals surface area contributed by atoms with Gasteiger partial charge in [-0.05, 0) is 44.2 Å². The summed E-state index contributed by atoms with van der Waals surface area (Å²) < 4.78 is 0. The van der Waals surface area contributed by atoms with E-state index >= 15 is 0 Å². The van der Waals surface area contributed by atoms with Crippen LogP contribution in [0, 0.1) is 6.92 Å². The molecule has 5 nitrogen and oxygen atoms in total. The van der Waals surface area contributed by atoms with Gasteiger partial charge in [0.05, 0.1) is 6.04 Å². The Morgan fingerprint density at radius 2 is 2.14 bits per heavy atom. The Labute approximate surface area is 130 Å². The molecule has 5 heteroatoms. The molecule has 3 heterocycles. The summed E-state index contributed by atoms with van der Waals surface area (Å²) in [4.78, 5) is 15.9. The first-order chi connectivity index (χ1) is 10.8. The first-order valence-electron chi connectivity index (χ1n) is 8.08. The molecule has 1 saturated carbocycles. The highest BCUT2D eigenvalue weighted by Gasteiger charge is 2.29. The van der Waals surface area contributed by atoms with Gasteiger partial charge in [-0.1, -0.05) is 6.07 Å². The maximum atomic E-state index is 4.79. The smallest absolute Gasteiger partial charge is 0.227 e. The van der Waals surface area contributed by atoms with Gasteiger partial charge in [-0.3, -0.25) is 4.98 Å². The van der Waals surface area contributed by atoms with Crippen molar-refractivity contribution >= 4 is 11.8 Å². The van der Waals surface area contributed by atoms with Crippen LogP contribution in [0.5, 0.6) is 0 Å². The minimum atomic E-state index is 0.338. The van der Waals surface area contributed by atoms with E-state index in [1.807, 2.05) is 24.7 Å². The van der Waals surface area contributed by atoms with E-state index in [9.17, 15) is 0 Å². The highest BCUT2D eigenvalue weighted by molar-refractivity contribution is 5.50. The van der Waals surface area contributed by atoms with E-state index in [4.69, 9.17) is 4.98 Å². The van der Waals surface area contributed by atoms with Crippen molar-refractivity contribution in [3.63, 3.8) is 0 Å². The molecule has 2 aromatic heterocycles. The Hall–Kier alpha value is -2.17. The van der Waals surface area contributed by atoms with Crippen LogP contribution in [0.4, 0.5) is 11.8 Å². The number of anilines is 2. The number of pyridine rings is 1. The molecular formula is C17H21N5. The monoisotopic (exact) mass is 295 g/mol. The fourth-order valence-corrected chi connectivity index (χ4v) is 3.06. The van der Waals surface area contributed by atoms with Crippen LogP contribution < -0.4 is 10.2 Å². The van der Waals surface area contributed by atoms with Crippen molar-refractivity contribution in [2.24, 2.45) is 0 Å². The topological polar surface area (TPSA) is 53.9 Å². The molecule has 22 heavy (non-hydrogen) atoms. The summed E-state index contributed by atoms with van der Waals surface area (Å²) in [5, 5.41) is 3.51. The molecule has 4 rings (SSSR count). The van der Waals surface area contributed by atoms with Gasteiger partial charge in [0, 0.05) is 36.7 Å². The number of nitrogens with zero attached hydrogens (tertiary/aromatic N) is 4. The minimum Gasteiger partial charge on any atom is -0.367 e. The van der Waals surface area contributed by atoms with Crippen molar-refractivity contribution < 1.29 is 0 Å². The fraction of sp³-hybridized carbons (Fsp3) is 0.471. The number of rotatable bonds is 4. The Kier molecular flexibility index (Phi) is 3.41. The lowest BCUT2D eigenvalue weighted by Gasteiger charge is -2.25. The second kappa shape index (κ2) is 5.55. The molecule has 0 bridgehead atoms. The van der Waals surface area contributed by atoms with E-state index in [-0.39, 0.29) is 0 Å². The van der Waals surface area contributed by atoms with Gasteiger partial charge >= 0.3 is 0 Å². The predicted molar refractivity (Wildman–Crippen MR) is 87.0 cm³/mol. The Morgan fingerprint density at radius 3 is 2.91 bits per heavy atom. The third kappa shape index (κ3) is 2.63. The van der Waals surface area contributed by atoms with E-state index in [1.54, 1.807) is 0 Å². The van der Waals surface area contributed by atoms with Crippen molar-refractivity contribution in [1.29, 1.82) is 0 Å². The molecule has 0 radical (unpaired) electrons. The quantitative estimate of drug-likeness (QED) is 0.939. The largest absolute Gasteiger partial charge is 0.367 e. The normalized spacial score (nSPS) is 21.1. The number of hydrogen-bond acceptors (Lipinski definition) is 5. The Balaban J connectivity index is 1.62. The van der Waals surface area contributed by atoms with Gasteiger partial charge in [0.2, 0.25) is 5.95 Å². The van der Waals surface area contributed by atoms with Gasteiger partial charge in [-0.25, -0.2) is 4.98 Å².